The number of hydrogen-bond donors (Lipinski definition) is 1. The summed E-state index contributed by atoms with van der Waals surface area (Å²) in [5.74, 6) is 0.0276. The molecule has 18 heavy (non-hydrogen) atoms. The highest BCUT2D eigenvalue weighted by Crippen LogP contribution is 2.16. The summed E-state index contributed by atoms with van der Waals surface area (Å²) in [6, 6.07) is 7.69. The summed E-state index contributed by atoms with van der Waals surface area (Å²) in [4.78, 5) is 11.7. The van der Waals surface area contributed by atoms with Gasteiger partial charge in [0.25, 0.3) is 5.56 Å². The first-order chi connectivity index (χ1) is 8.61. The van der Waals surface area contributed by atoms with Gasteiger partial charge in [-0.05, 0) is 18.2 Å². The van der Waals surface area contributed by atoms with Crippen molar-refractivity contribution in [3.05, 3.63) is 58.3 Å². The van der Waals surface area contributed by atoms with E-state index in [2.05, 4.69) is 0 Å². The molecule has 2 N–H and O–H groups in total. The summed E-state index contributed by atoms with van der Waals surface area (Å²) in [5.41, 5.74) is 5.74. The first-order valence-corrected chi connectivity index (χ1v) is 5.39. The standard InChI is InChI=1S/C13H13FN2O2/c1-18-10-5-4-9(11(14)7-10)8-16-6-2-3-12(15)13(16)17/h2-7H,8,15H2,1H3. The van der Waals surface area contributed by atoms with Gasteiger partial charge in [-0.3, -0.25) is 4.79 Å². The van der Waals surface area contributed by atoms with E-state index in [0.29, 0.717) is 11.3 Å². The van der Waals surface area contributed by atoms with E-state index >= 15 is 0 Å². The van der Waals surface area contributed by atoms with Crippen LogP contribution < -0.4 is 16.0 Å². The second-order valence-electron chi connectivity index (χ2n) is 3.85. The van der Waals surface area contributed by atoms with E-state index in [4.69, 9.17) is 10.5 Å². The molecule has 0 atom stereocenters. The van der Waals surface area contributed by atoms with Crippen molar-refractivity contribution >= 4 is 5.69 Å². The molecule has 0 bridgehead atoms. The molecule has 0 radical (unpaired) electrons. The van der Waals surface area contributed by atoms with Gasteiger partial charge in [0.05, 0.1) is 19.3 Å². The third-order valence-electron chi connectivity index (χ3n) is 2.65. The number of nitrogens with zero attached hydrogens (tertiary/aromatic N) is 1. The Morgan fingerprint density at radius 3 is 2.83 bits per heavy atom. The van der Waals surface area contributed by atoms with Crippen LogP contribution in [0.15, 0.2) is 41.3 Å². The van der Waals surface area contributed by atoms with Gasteiger partial charge in [0, 0.05) is 17.8 Å². The highest BCUT2D eigenvalue weighted by atomic mass is 19.1. The first kappa shape index (κ1) is 12.2. The Kier molecular flexibility index (Phi) is 3.32. The van der Waals surface area contributed by atoms with Crippen LogP contribution in [-0.2, 0) is 6.54 Å². The van der Waals surface area contributed by atoms with Crippen molar-refractivity contribution in [2.45, 2.75) is 6.54 Å². The molecule has 0 amide bonds. The van der Waals surface area contributed by atoms with Crippen LogP contribution in [0.1, 0.15) is 5.56 Å². The zero-order chi connectivity index (χ0) is 13.1. The van der Waals surface area contributed by atoms with Crippen LogP contribution in [0.3, 0.4) is 0 Å². The normalized spacial score (nSPS) is 10.3. The summed E-state index contributed by atoms with van der Waals surface area (Å²) in [5, 5.41) is 0. The smallest absolute Gasteiger partial charge is 0.273 e. The Labute approximate surface area is 103 Å². The fraction of sp³-hybridized carbons (Fsp3) is 0.154. The van der Waals surface area contributed by atoms with Gasteiger partial charge in [0.15, 0.2) is 0 Å². The van der Waals surface area contributed by atoms with Crippen LogP contribution in [0.25, 0.3) is 0 Å². The van der Waals surface area contributed by atoms with E-state index < -0.39 is 5.82 Å². The number of nitrogen functional groups attached to an aromatic ring is 1. The van der Waals surface area contributed by atoms with Crippen molar-refractivity contribution in [2.24, 2.45) is 0 Å². The van der Waals surface area contributed by atoms with Gasteiger partial charge in [-0.2, -0.15) is 0 Å². The summed E-state index contributed by atoms with van der Waals surface area (Å²) in [6.45, 7) is 0.139. The van der Waals surface area contributed by atoms with Crippen molar-refractivity contribution in [2.75, 3.05) is 12.8 Å². The zero-order valence-electron chi connectivity index (χ0n) is 9.89. The molecule has 0 saturated heterocycles. The van der Waals surface area contributed by atoms with Gasteiger partial charge in [-0.1, -0.05) is 6.07 Å². The van der Waals surface area contributed by atoms with Crippen molar-refractivity contribution in [1.29, 1.82) is 0 Å². The van der Waals surface area contributed by atoms with Gasteiger partial charge >= 0.3 is 0 Å². The van der Waals surface area contributed by atoms with E-state index in [1.807, 2.05) is 0 Å². The first-order valence-electron chi connectivity index (χ1n) is 5.39. The predicted octanol–water partition coefficient (Wildman–Crippen LogP) is 1.63. The average Bonchev–Trinajstić information content (AvgIpc) is 2.37. The Morgan fingerprint density at radius 2 is 2.17 bits per heavy atom. The fourth-order valence-corrected chi connectivity index (χ4v) is 1.65. The quantitative estimate of drug-likeness (QED) is 0.898. The van der Waals surface area contributed by atoms with Crippen LogP contribution in [0.5, 0.6) is 5.75 Å². The number of ether oxygens (including phenoxy) is 1. The fourth-order valence-electron chi connectivity index (χ4n) is 1.65. The molecule has 94 valence electrons. The van der Waals surface area contributed by atoms with Crippen LogP contribution in [0.2, 0.25) is 0 Å². The highest BCUT2D eigenvalue weighted by molar-refractivity contribution is 5.34. The lowest BCUT2D eigenvalue weighted by atomic mass is 10.2. The predicted molar refractivity (Wildman–Crippen MR) is 67.2 cm³/mol. The molecule has 0 saturated carbocycles. The maximum absolute atomic E-state index is 13.7. The maximum Gasteiger partial charge on any atom is 0.273 e. The zero-order valence-corrected chi connectivity index (χ0v) is 9.89. The molecule has 1 aromatic heterocycles. The van der Waals surface area contributed by atoms with Gasteiger partial charge in [0.2, 0.25) is 0 Å². The molecule has 1 heterocycles. The second kappa shape index (κ2) is 4.91. The maximum atomic E-state index is 13.7. The van der Waals surface area contributed by atoms with Crippen molar-refractivity contribution in [3.8, 4) is 5.75 Å². The summed E-state index contributed by atoms with van der Waals surface area (Å²) in [6.07, 6.45) is 1.57. The molecule has 2 aromatic rings. The lowest BCUT2D eigenvalue weighted by molar-refractivity contribution is 0.410. The number of nitrogens with two attached hydrogens (primary N) is 1. The van der Waals surface area contributed by atoms with Crippen LogP contribution in [-0.4, -0.2) is 11.7 Å². The Morgan fingerprint density at radius 1 is 1.39 bits per heavy atom. The topological polar surface area (TPSA) is 57.2 Å². The van der Waals surface area contributed by atoms with E-state index in [-0.39, 0.29) is 17.8 Å². The highest BCUT2D eigenvalue weighted by Gasteiger charge is 2.06. The number of pyridine rings is 1. The number of aromatic nitrogens is 1. The molecule has 2 rings (SSSR count). The minimum absolute atomic E-state index is 0.139. The number of halogens is 1. The van der Waals surface area contributed by atoms with Crippen molar-refractivity contribution < 1.29 is 9.13 Å². The van der Waals surface area contributed by atoms with E-state index in [1.54, 1.807) is 24.4 Å². The molecule has 5 heteroatoms. The molecule has 0 aliphatic carbocycles. The molecule has 0 unspecified atom stereocenters. The average molecular weight is 248 g/mol. The number of methoxy groups -OCH3 is 1. The molecule has 0 spiro atoms. The van der Waals surface area contributed by atoms with E-state index in [0.717, 1.165) is 0 Å². The molecule has 0 fully saturated rings. The largest absolute Gasteiger partial charge is 0.497 e. The minimum Gasteiger partial charge on any atom is -0.497 e. The lowest BCUT2D eigenvalue weighted by Gasteiger charge is -2.08. The minimum atomic E-state index is -0.413. The van der Waals surface area contributed by atoms with Crippen molar-refractivity contribution in [1.82, 2.24) is 4.57 Å². The Balaban J connectivity index is 2.34. The number of anilines is 1. The van der Waals surface area contributed by atoms with Gasteiger partial charge < -0.3 is 15.0 Å². The molecular weight excluding hydrogens is 235 g/mol. The van der Waals surface area contributed by atoms with Crippen molar-refractivity contribution in [3.63, 3.8) is 0 Å². The van der Waals surface area contributed by atoms with Gasteiger partial charge in [-0.15, -0.1) is 0 Å². The molecule has 4 nitrogen and oxygen atoms in total. The molecule has 1 aromatic carbocycles. The summed E-state index contributed by atoms with van der Waals surface area (Å²) < 4.78 is 20.0. The van der Waals surface area contributed by atoms with Crippen LogP contribution in [0, 0.1) is 5.82 Å². The van der Waals surface area contributed by atoms with Gasteiger partial charge in [0.1, 0.15) is 11.6 Å². The van der Waals surface area contributed by atoms with E-state index in [1.165, 1.54) is 23.8 Å². The summed E-state index contributed by atoms with van der Waals surface area (Å²) >= 11 is 0. The van der Waals surface area contributed by atoms with Crippen LogP contribution in [0.4, 0.5) is 10.1 Å². The monoisotopic (exact) mass is 248 g/mol. The van der Waals surface area contributed by atoms with E-state index in [9.17, 15) is 9.18 Å². The summed E-state index contributed by atoms with van der Waals surface area (Å²) in [7, 11) is 1.47. The lowest BCUT2D eigenvalue weighted by Crippen LogP contribution is -2.22. The molecule has 0 aliphatic rings. The second-order valence-corrected chi connectivity index (χ2v) is 3.85. The number of benzene rings is 1. The SMILES string of the molecule is COc1ccc(Cn2cccc(N)c2=O)c(F)c1. The number of rotatable bonds is 3. The Hall–Kier alpha value is -2.30. The molecule has 0 aliphatic heterocycles. The Bertz CT molecular complexity index is 623. The third kappa shape index (κ3) is 2.34. The van der Waals surface area contributed by atoms with Gasteiger partial charge in [-0.25, -0.2) is 4.39 Å². The third-order valence-corrected chi connectivity index (χ3v) is 2.65. The molecular formula is C13H13FN2O2. The van der Waals surface area contributed by atoms with Crippen LogP contribution >= 0.6 is 0 Å². The number of hydrogen-bond acceptors (Lipinski definition) is 3.